The summed E-state index contributed by atoms with van der Waals surface area (Å²) in [6.07, 6.45) is 5.20. The maximum atomic E-state index is 11.7. The van der Waals surface area contributed by atoms with E-state index in [2.05, 4.69) is 17.6 Å². The van der Waals surface area contributed by atoms with Gasteiger partial charge in [-0.3, -0.25) is 4.79 Å². The third-order valence-electron chi connectivity index (χ3n) is 3.64. The Balaban J connectivity index is 2.19. The fourth-order valence-corrected chi connectivity index (χ4v) is 2.33. The van der Waals surface area contributed by atoms with Crippen LogP contribution in [-0.4, -0.2) is 38.8 Å². The molecule has 1 aliphatic carbocycles. The third-order valence-corrected chi connectivity index (χ3v) is 3.64. The van der Waals surface area contributed by atoms with Crippen LogP contribution in [0.25, 0.3) is 0 Å². The van der Waals surface area contributed by atoms with Crippen molar-refractivity contribution in [3.8, 4) is 0 Å². The summed E-state index contributed by atoms with van der Waals surface area (Å²) in [5.74, 6) is 0.0589. The molecular weight excluding hydrogens is 216 g/mol. The molecule has 0 aliphatic heterocycles. The molecule has 1 aliphatic rings. The fourth-order valence-electron chi connectivity index (χ4n) is 2.33. The second-order valence-electron chi connectivity index (χ2n) is 5.40. The molecule has 2 N–H and O–H groups in total. The molecule has 0 radical (unpaired) electrons. The highest BCUT2D eigenvalue weighted by atomic mass is 16.5. The van der Waals surface area contributed by atoms with Crippen LogP contribution >= 0.6 is 0 Å². The number of hydrogen-bond donors (Lipinski definition) is 2. The molecule has 1 saturated carbocycles. The number of nitrogens with one attached hydrogen (secondary N) is 2. The van der Waals surface area contributed by atoms with Crippen LogP contribution in [0.5, 0.6) is 0 Å². The summed E-state index contributed by atoms with van der Waals surface area (Å²) in [5, 5.41) is 6.18. The Kier molecular flexibility index (Phi) is 5.92. The highest BCUT2D eigenvalue weighted by Crippen LogP contribution is 2.36. The van der Waals surface area contributed by atoms with Crippen LogP contribution < -0.4 is 10.6 Å². The van der Waals surface area contributed by atoms with E-state index >= 15 is 0 Å². The van der Waals surface area contributed by atoms with Gasteiger partial charge in [-0.1, -0.05) is 19.8 Å². The van der Waals surface area contributed by atoms with Crippen LogP contribution in [0, 0.1) is 5.41 Å². The Hall–Kier alpha value is -0.610. The first-order valence-corrected chi connectivity index (χ1v) is 6.57. The van der Waals surface area contributed by atoms with Gasteiger partial charge in [0.05, 0.1) is 12.6 Å². The van der Waals surface area contributed by atoms with Gasteiger partial charge in [0.25, 0.3) is 0 Å². The molecule has 1 atom stereocenters. The zero-order valence-electron chi connectivity index (χ0n) is 11.3. The highest BCUT2D eigenvalue weighted by Gasteiger charge is 2.29. The number of rotatable bonds is 7. The Bertz CT molecular complexity index is 238. The van der Waals surface area contributed by atoms with Crippen LogP contribution in [0.1, 0.15) is 39.5 Å². The van der Waals surface area contributed by atoms with Gasteiger partial charge in [0, 0.05) is 20.2 Å². The van der Waals surface area contributed by atoms with E-state index in [9.17, 15) is 4.79 Å². The fraction of sp³-hybridized carbons (Fsp3) is 0.923. The minimum Gasteiger partial charge on any atom is -0.383 e. The molecule has 0 aromatic rings. The molecule has 100 valence electrons. The standard InChI is InChI=1S/C13H26N2O2/c1-11(12(16)14-8-9-17-3)15-10-13(2)6-4-5-7-13/h11,15H,4-10H2,1-3H3,(H,14,16). The van der Waals surface area contributed by atoms with E-state index in [-0.39, 0.29) is 11.9 Å². The summed E-state index contributed by atoms with van der Waals surface area (Å²) < 4.78 is 4.89. The highest BCUT2D eigenvalue weighted by molar-refractivity contribution is 5.81. The maximum absolute atomic E-state index is 11.7. The lowest BCUT2D eigenvalue weighted by atomic mass is 9.88. The summed E-state index contributed by atoms with van der Waals surface area (Å²) in [7, 11) is 1.63. The second kappa shape index (κ2) is 6.97. The normalized spacial score (nSPS) is 20.2. The van der Waals surface area contributed by atoms with Crippen molar-refractivity contribution in [3.05, 3.63) is 0 Å². The Morgan fingerprint density at radius 2 is 2.06 bits per heavy atom. The molecule has 1 rings (SSSR count). The lowest BCUT2D eigenvalue weighted by Crippen LogP contribution is -2.46. The van der Waals surface area contributed by atoms with Crippen molar-refractivity contribution in [2.75, 3.05) is 26.8 Å². The van der Waals surface area contributed by atoms with E-state index in [4.69, 9.17) is 4.74 Å². The van der Waals surface area contributed by atoms with Crippen LogP contribution in [0.4, 0.5) is 0 Å². The molecule has 0 aromatic heterocycles. The smallest absolute Gasteiger partial charge is 0.236 e. The van der Waals surface area contributed by atoms with Gasteiger partial charge in [-0.15, -0.1) is 0 Å². The maximum Gasteiger partial charge on any atom is 0.236 e. The number of carbonyl (C=O) groups excluding carboxylic acids is 1. The average Bonchev–Trinajstić information content (AvgIpc) is 2.74. The van der Waals surface area contributed by atoms with E-state index in [1.807, 2.05) is 6.92 Å². The second-order valence-corrected chi connectivity index (χ2v) is 5.40. The molecule has 0 spiro atoms. The van der Waals surface area contributed by atoms with Crippen LogP contribution in [-0.2, 0) is 9.53 Å². The predicted octanol–water partition coefficient (Wildman–Crippen LogP) is 1.31. The number of ether oxygens (including phenoxy) is 1. The summed E-state index contributed by atoms with van der Waals surface area (Å²) >= 11 is 0. The van der Waals surface area contributed by atoms with E-state index < -0.39 is 0 Å². The Labute approximate surface area is 104 Å². The van der Waals surface area contributed by atoms with Crippen LogP contribution in [0.15, 0.2) is 0 Å². The largest absolute Gasteiger partial charge is 0.383 e. The quantitative estimate of drug-likeness (QED) is 0.662. The minimum atomic E-state index is -0.121. The molecule has 4 nitrogen and oxygen atoms in total. The van der Waals surface area contributed by atoms with Crippen LogP contribution in [0.2, 0.25) is 0 Å². The van der Waals surface area contributed by atoms with E-state index in [1.54, 1.807) is 7.11 Å². The SMILES string of the molecule is COCCNC(=O)C(C)NCC1(C)CCCC1. The first kappa shape index (κ1) is 14.5. The minimum absolute atomic E-state index is 0.0589. The molecular formula is C13H26N2O2. The van der Waals surface area contributed by atoms with Crippen molar-refractivity contribution in [1.82, 2.24) is 10.6 Å². The van der Waals surface area contributed by atoms with Gasteiger partial charge in [0.15, 0.2) is 0 Å². The molecule has 0 heterocycles. The summed E-state index contributed by atoms with van der Waals surface area (Å²) in [6.45, 7) is 6.31. The number of hydrogen-bond acceptors (Lipinski definition) is 3. The van der Waals surface area contributed by atoms with E-state index in [0.717, 1.165) is 6.54 Å². The molecule has 4 heteroatoms. The summed E-state index contributed by atoms with van der Waals surface area (Å²) in [6, 6.07) is -0.121. The van der Waals surface area contributed by atoms with Crippen molar-refractivity contribution < 1.29 is 9.53 Å². The van der Waals surface area contributed by atoms with Crippen molar-refractivity contribution in [2.24, 2.45) is 5.41 Å². The van der Waals surface area contributed by atoms with Gasteiger partial charge in [-0.25, -0.2) is 0 Å². The lowest BCUT2D eigenvalue weighted by molar-refractivity contribution is -0.123. The van der Waals surface area contributed by atoms with Crippen molar-refractivity contribution >= 4 is 5.91 Å². The van der Waals surface area contributed by atoms with E-state index in [0.29, 0.717) is 18.6 Å². The van der Waals surface area contributed by atoms with Crippen molar-refractivity contribution in [2.45, 2.75) is 45.6 Å². The Morgan fingerprint density at radius 3 is 2.65 bits per heavy atom. The summed E-state index contributed by atoms with van der Waals surface area (Å²) in [5.41, 5.74) is 0.390. The molecule has 1 amide bonds. The molecule has 1 fully saturated rings. The average molecular weight is 242 g/mol. The van der Waals surface area contributed by atoms with Gasteiger partial charge in [0.1, 0.15) is 0 Å². The van der Waals surface area contributed by atoms with Crippen molar-refractivity contribution in [1.29, 1.82) is 0 Å². The molecule has 17 heavy (non-hydrogen) atoms. The van der Waals surface area contributed by atoms with Gasteiger partial charge >= 0.3 is 0 Å². The van der Waals surface area contributed by atoms with Gasteiger partial charge in [0.2, 0.25) is 5.91 Å². The van der Waals surface area contributed by atoms with Crippen molar-refractivity contribution in [3.63, 3.8) is 0 Å². The van der Waals surface area contributed by atoms with Crippen LogP contribution in [0.3, 0.4) is 0 Å². The predicted molar refractivity (Wildman–Crippen MR) is 68.9 cm³/mol. The van der Waals surface area contributed by atoms with Gasteiger partial charge in [-0.2, -0.15) is 0 Å². The first-order valence-electron chi connectivity index (χ1n) is 6.57. The molecule has 1 unspecified atom stereocenters. The number of carbonyl (C=O) groups is 1. The number of methoxy groups -OCH3 is 1. The summed E-state index contributed by atoms with van der Waals surface area (Å²) in [4.78, 5) is 11.7. The lowest BCUT2D eigenvalue weighted by Gasteiger charge is -2.26. The third kappa shape index (κ3) is 5.04. The Morgan fingerprint density at radius 1 is 1.41 bits per heavy atom. The monoisotopic (exact) mass is 242 g/mol. The topological polar surface area (TPSA) is 50.4 Å². The zero-order valence-corrected chi connectivity index (χ0v) is 11.3. The first-order chi connectivity index (χ1) is 8.07. The van der Waals surface area contributed by atoms with Gasteiger partial charge in [-0.05, 0) is 25.2 Å². The number of amides is 1. The van der Waals surface area contributed by atoms with Gasteiger partial charge < -0.3 is 15.4 Å². The molecule has 0 saturated heterocycles. The van der Waals surface area contributed by atoms with E-state index in [1.165, 1.54) is 25.7 Å². The molecule has 0 bridgehead atoms. The molecule has 0 aromatic carbocycles. The zero-order chi connectivity index (χ0) is 12.7.